The molecule has 82 valence electrons. The average Bonchev–Trinajstić information content (AvgIpc) is 2.74. The van der Waals surface area contributed by atoms with E-state index < -0.39 is 0 Å². The van der Waals surface area contributed by atoms with Gasteiger partial charge in [-0.1, -0.05) is 36.4 Å². The number of nitrogens with two attached hydrogens (primary N) is 1. The summed E-state index contributed by atoms with van der Waals surface area (Å²) in [7, 11) is 0. The lowest BCUT2D eigenvalue weighted by Gasteiger charge is -1.97. The van der Waals surface area contributed by atoms with Crippen LogP contribution in [-0.2, 0) is 0 Å². The van der Waals surface area contributed by atoms with E-state index in [1.807, 2.05) is 35.7 Å². The van der Waals surface area contributed by atoms with Crippen LogP contribution in [-0.4, -0.2) is 16.7 Å². The van der Waals surface area contributed by atoms with Crippen LogP contribution >= 0.6 is 11.3 Å². The second-order valence-electron chi connectivity index (χ2n) is 3.28. The fraction of sp³-hybridized carbons (Fsp3) is 0.0833. The van der Waals surface area contributed by atoms with Crippen molar-refractivity contribution in [3.8, 4) is 11.3 Å². The Morgan fingerprint density at radius 1 is 1.31 bits per heavy atom. The zero-order valence-corrected chi connectivity index (χ0v) is 9.45. The third-order valence-corrected chi connectivity index (χ3v) is 2.82. The molecule has 0 unspecified atom stereocenters. The fourth-order valence-corrected chi connectivity index (χ4v) is 1.95. The average molecular weight is 232 g/mol. The van der Waals surface area contributed by atoms with Crippen LogP contribution in [0.25, 0.3) is 17.3 Å². The van der Waals surface area contributed by atoms with Crippen LogP contribution in [0.15, 0.2) is 35.7 Å². The summed E-state index contributed by atoms with van der Waals surface area (Å²) in [4.78, 5) is 4.21. The molecule has 2 rings (SSSR count). The zero-order chi connectivity index (χ0) is 11.4. The number of rotatable bonds is 3. The maximum Gasteiger partial charge on any atom is 0.180 e. The molecule has 2 aromatic rings. The molecule has 0 spiro atoms. The quantitative estimate of drug-likeness (QED) is 0.854. The molecule has 0 radical (unpaired) electrons. The van der Waals surface area contributed by atoms with E-state index in [0.717, 1.165) is 16.8 Å². The predicted molar refractivity (Wildman–Crippen MR) is 68.1 cm³/mol. The van der Waals surface area contributed by atoms with E-state index >= 15 is 0 Å². The van der Waals surface area contributed by atoms with Crippen LogP contribution in [0.2, 0.25) is 0 Å². The highest BCUT2D eigenvalue weighted by Crippen LogP contribution is 2.23. The normalized spacial score (nSPS) is 11.1. The van der Waals surface area contributed by atoms with Gasteiger partial charge in [-0.2, -0.15) is 0 Å². The number of aliphatic hydroxyl groups excluding tert-OH is 1. The molecule has 1 heterocycles. The molecule has 4 heteroatoms. The number of nitrogen functional groups attached to an aromatic ring is 1. The Morgan fingerprint density at radius 2 is 2.06 bits per heavy atom. The molecular weight excluding hydrogens is 220 g/mol. The topological polar surface area (TPSA) is 59.1 Å². The smallest absolute Gasteiger partial charge is 0.180 e. The third-order valence-electron chi connectivity index (χ3n) is 2.14. The molecule has 0 aliphatic carbocycles. The molecule has 0 atom stereocenters. The van der Waals surface area contributed by atoms with Gasteiger partial charge in [-0.3, -0.25) is 0 Å². The largest absolute Gasteiger partial charge is 0.392 e. The Labute approximate surface area is 97.9 Å². The van der Waals surface area contributed by atoms with E-state index in [-0.39, 0.29) is 6.61 Å². The van der Waals surface area contributed by atoms with Gasteiger partial charge in [-0.25, -0.2) is 4.98 Å². The molecular formula is C12H12N2OS. The Bertz CT molecular complexity index is 488. The van der Waals surface area contributed by atoms with E-state index in [9.17, 15) is 0 Å². The van der Waals surface area contributed by atoms with Crippen molar-refractivity contribution in [3.63, 3.8) is 0 Å². The first-order valence-corrected chi connectivity index (χ1v) is 5.76. The summed E-state index contributed by atoms with van der Waals surface area (Å²) in [6.07, 6.45) is 3.58. The Kier molecular flexibility index (Phi) is 3.34. The van der Waals surface area contributed by atoms with E-state index in [4.69, 9.17) is 10.8 Å². The van der Waals surface area contributed by atoms with Crippen molar-refractivity contribution in [2.24, 2.45) is 0 Å². The summed E-state index contributed by atoms with van der Waals surface area (Å²) in [6.45, 7) is 0.0599. The first-order chi connectivity index (χ1) is 7.79. The van der Waals surface area contributed by atoms with Gasteiger partial charge in [0.1, 0.15) is 0 Å². The molecule has 0 fully saturated rings. The van der Waals surface area contributed by atoms with Gasteiger partial charge in [0.05, 0.1) is 12.3 Å². The Hall–Kier alpha value is -1.65. The van der Waals surface area contributed by atoms with Crippen molar-refractivity contribution < 1.29 is 5.11 Å². The first kappa shape index (κ1) is 10.9. The maximum atomic E-state index is 8.65. The minimum absolute atomic E-state index is 0.0599. The summed E-state index contributed by atoms with van der Waals surface area (Å²) in [5.74, 6) is 0. The molecule has 3 N–H and O–H groups in total. The first-order valence-electron chi connectivity index (χ1n) is 4.88. The van der Waals surface area contributed by atoms with Crippen molar-refractivity contribution in [1.29, 1.82) is 0 Å². The van der Waals surface area contributed by atoms with Crippen LogP contribution in [0.1, 0.15) is 5.56 Å². The van der Waals surface area contributed by atoms with Crippen LogP contribution in [0.4, 0.5) is 5.13 Å². The zero-order valence-electron chi connectivity index (χ0n) is 8.63. The van der Waals surface area contributed by atoms with E-state index in [1.54, 1.807) is 6.08 Å². The third kappa shape index (κ3) is 2.48. The minimum atomic E-state index is 0.0599. The molecule has 3 nitrogen and oxygen atoms in total. The summed E-state index contributed by atoms with van der Waals surface area (Å²) < 4.78 is 0. The van der Waals surface area contributed by atoms with Crippen molar-refractivity contribution in [2.45, 2.75) is 0 Å². The van der Waals surface area contributed by atoms with Gasteiger partial charge in [0.15, 0.2) is 5.13 Å². The fourth-order valence-electron chi connectivity index (χ4n) is 1.37. The molecule has 16 heavy (non-hydrogen) atoms. The highest BCUT2D eigenvalue weighted by Gasteiger charge is 2.01. The van der Waals surface area contributed by atoms with Crippen molar-refractivity contribution in [1.82, 2.24) is 4.98 Å². The molecule has 0 aliphatic rings. The van der Waals surface area contributed by atoms with Gasteiger partial charge >= 0.3 is 0 Å². The lowest BCUT2D eigenvalue weighted by Crippen LogP contribution is -1.83. The lowest BCUT2D eigenvalue weighted by atomic mass is 10.1. The van der Waals surface area contributed by atoms with Gasteiger partial charge < -0.3 is 10.8 Å². The molecule has 0 amide bonds. The Balaban J connectivity index is 2.22. The van der Waals surface area contributed by atoms with Crippen LogP contribution in [0.5, 0.6) is 0 Å². The lowest BCUT2D eigenvalue weighted by molar-refractivity contribution is 0.343. The molecule has 0 saturated heterocycles. The Morgan fingerprint density at radius 3 is 2.62 bits per heavy atom. The summed E-state index contributed by atoms with van der Waals surface area (Å²) in [5.41, 5.74) is 8.59. The molecule has 1 aromatic heterocycles. The second-order valence-corrected chi connectivity index (χ2v) is 4.17. The van der Waals surface area contributed by atoms with Crippen molar-refractivity contribution in [3.05, 3.63) is 41.3 Å². The van der Waals surface area contributed by atoms with E-state index in [0.29, 0.717) is 5.13 Å². The van der Waals surface area contributed by atoms with Crippen LogP contribution in [0, 0.1) is 0 Å². The van der Waals surface area contributed by atoms with Crippen molar-refractivity contribution >= 4 is 22.5 Å². The number of benzene rings is 1. The number of aromatic nitrogens is 1. The van der Waals surface area contributed by atoms with Gasteiger partial charge in [0, 0.05) is 10.9 Å². The van der Waals surface area contributed by atoms with Gasteiger partial charge in [0.25, 0.3) is 0 Å². The molecule has 0 saturated carbocycles. The SMILES string of the molecule is Nc1nc(-c2ccc(C=CCO)cc2)cs1. The molecule has 1 aromatic carbocycles. The van der Waals surface area contributed by atoms with Gasteiger partial charge in [0.2, 0.25) is 0 Å². The monoisotopic (exact) mass is 232 g/mol. The molecule has 0 bridgehead atoms. The minimum Gasteiger partial charge on any atom is -0.392 e. The number of nitrogens with zero attached hydrogens (tertiary/aromatic N) is 1. The highest BCUT2D eigenvalue weighted by atomic mass is 32.1. The number of aliphatic hydroxyl groups is 1. The summed E-state index contributed by atoms with van der Waals surface area (Å²) >= 11 is 1.44. The van der Waals surface area contributed by atoms with Gasteiger partial charge in [-0.05, 0) is 5.56 Å². The summed E-state index contributed by atoms with van der Waals surface area (Å²) in [5, 5.41) is 11.2. The number of hydrogen-bond acceptors (Lipinski definition) is 4. The molecule has 0 aliphatic heterocycles. The number of hydrogen-bond donors (Lipinski definition) is 2. The van der Waals surface area contributed by atoms with Crippen LogP contribution in [0.3, 0.4) is 0 Å². The standard InChI is InChI=1S/C12H12N2OS/c13-12-14-11(8-16-12)10-5-3-9(4-6-10)2-1-7-15/h1-6,8,15H,7H2,(H2,13,14). The summed E-state index contributed by atoms with van der Waals surface area (Å²) in [6, 6.07) is 7.95. The second kappa shape index (κ2) is 4.92. The predicted octanol–water partition coefficient (Wildman–Crippen LogP) is 2.40. The van der Waals surface area contributed by atoms with E-state index in [1.165, 1.54) is 11.3 Å². The number of anilines is 1. The van der Waals surface area contributed by atoms with Crippen LogP contribution < -0.4 is 5.73 Å². The maximum absolute atomic E-state index is 8.65. The highest BCUT2D eigenvalue weighted by molar-refractivity contribution is 7.13. The van der Waals surface area contributed by atoms with E-state index in [2.05, 4.69) is 4.98 Å². The number of thiazole rings is 1. The van der Waals surface area contributed by atoms with Gasteiger partial charge in [-0.15, -0.1) is 11.3 Å². The van der Waals surface area contributed by atoms with Crippen molar-refractivity contribution in [2.75, 3.05) is 12.3 Å².